The molecule has 0 spiro atoms. The topological polar surface area (TPSA) is 47.6 Å². The van der Waals surface area contributed by atoms with E-state index >= 15 is 0 Å². The van der Waals surface area contributed by atoms with Crippen molar-refractivity contribution in [2.45, 2.75) is 32.8 Å². The van der Waals surface area contributed by atoms with Gasteiger partial charge in [-0.25, -0.2) is 8.78 Å². The number of carbonyl (C=O) groups excluding carboxylic acids is 1. The number of anilines is 1. The summed E-state index contributed by atoms with van der Waals surface area (Å²) in [6.45, 7) is 5.98. The Morgan fingerprint density at radius 2 is 1.61 bits per heavy atom. The summed E-state index contributed by atoms with van der Waals surface area (Å²) in [4.78, 5) is 12.3. The van der Waals surface area contributed by atoms with Crippen molar-refractivity contribution in [3.05, 3.63) is 89.5 Å². The predicted molar refractivity (Wildman–Crippen MR) is 124 cm³/mol. The highest BCUT2D eigenvalue weighted by molar-refractivity contribution is 5.92. The molecule has 0 aliphatic rings. The van der Waals surface area contributed by atoms with Gasteiger partial charge in [0.2, 0.25) is 5.91 Å². The van der Waals surface area contributed by atoms with Gasteiger partial charge in [-0.3, -0.25) is 4.79 Å². The molecule has 3 aromatic carbocycles. The maximum Gasteiger partial charge on any atom is 0.228 e. The SMILES string of the molecule is CCOc1ccc(CC(=O)Nc2ccc(C#CC(C)(C)Oc3ccc(F)c(F)c3)cc2)cc1. The van der Waals surface area contributed by atoms with Gasteiger partial charge in [-0.2, -0.15) is 0 Å². The van der Waals surface area contributed by atoms with Crippen LogP contribution in [-0.2, 0) is 11.2 Å². The molecule has 3 rings (SSSR count). The first-order valence-electron chi connectivity index (χ1n) is 10.5. The summed E-state index contributed by atoms with van der Waals surface area (Å²) in [6, 6.07) is 17.9. The van der Waals surface area contributed by atoms with Gasteiger partial charge in [-0.15, -0.1) is 0 Å². The smallest absolute Gasteiger partial charge is 0.228 e. The molecule has 0 heterocycles. The van der Waals surface area contributed by atoms with E-state index in [2.05, 4.69) is 17.2 Å². The number of benzene rings is 3. The predicted octanol–water partition coefficient (Wildman–Crippen LogP) is 5.75. The van der Waals surface area contributed by atoms with E-state index in [1.165, 1.54) is 6.07 Å². The van der Waals surface area contributed by atoms with Gasteiger partial charge < -0.3 is 14.8 Å². The Labute approximate surface area is 192 Å². The van der Waals surface area contributed by atoms with Crippen LogP contribution in [0.1, 0.15) is 31.9 Å². The van der Waals surface area contributed by atoms with Gasteiger partial charge in [0, 0.05) is 17.3 Å². The Morgan fingerprint density at radius 3 is 2.24 bits per heavy atom. The van der Waals surface area contributed by atoms with E-state index in [1.807, 2.05) is 31.2 Å². The lowest BCUT2D eigenvalue weighted by molar-refractivity contribution is -0.115. The zero-order valence-electron chi connectivity index (χ0n) is 18.7. The molecule has 6 heteroatoms. The summed E-state index contributed by atoms with van der Waals surface area (Å²) in [7, 11) is 0. The van der Waals surface area contributed by atoms with Gasteiger partial charge in [0.15, 0.2) is 17.2 Å². The molecule has 0 aromatic heterocycles. The van der Waals surface area contributed by atoms with Crippen LogP contribution in [0.5, 0.6) is 11.5 Å². The lowest BCUT2D eigenvalue weighted by Crippen LogP contribution is -2.26. The van der Waals surface area contributed by atoms with Gasteiger partial charge in [0.25, 0.3) is 0 Å². The fourth-order valence-corrected chi connectivity index (χ4v) is 2.98. The number of hydrogen-bond donors (Lipinski definition) is 1. The maximum absolute atomic E-state index is 13.4. The molecule has 1 amide bonds. The molecule has 0 fully saturated rings. The Bertz CT molecular complexity index is 1160. The Balaban J connectivity index is 1.56. The van der Waals surface area contributed by atoms with E-state index in [9.17, 15) is 13.6 Å². The van der Waals surface area contributed by atoms with Crippen LogP contribution in [0.15, 0.2) is 66.7 Å². The fraction of sp³-hybridized carbons (Fsp3) is 0.222. The second-order valence-electron chi connectivity index (χ2n) is 7.82. The molecule has 1 N–H and O–H groups in total. The molecule has 0 atom stereocenters. The van der Waals surface area contributed by atoms with Crippen LogP contribution in [0.2, 0.25) is 0 Å². The summed E-state index contributed by atoms with van der Waals surface area (Å²) < 4.78 is 37.5. The molecule has 0 aliphatic carbocycles. The van der Waals surface area contributed by atoms with E-state index in [1.54, 1.807) is 38.1 Å². The van der Waals surface area contributed by atoms with Crippen molar-refractivity contribution in [3.8, 4) is 23.3 Å². The van der Waals surface area contributed by atoms with Gasteiger partial charge in [-0.05, 0) is 74.9 Å². The lowest BCUT2D eigenvalue weighted by Gasteiger charge is -2.20. The molecule has 0 aliphatic heterocycles. The van der Waals surface area contributed by atoms with Crippen molar-refractivity contribution >= 4 is 11.6 Å². The molecule has 4 nitrogen and oxygen atoms in total. The normalized spacial score (nSPS) is 10.7. The summed E-state index contributed by atoms with van der Waals surface area (Å²) in [5.74, 6) is 4.91. The van der Waals surface area contributed by atoms with E-state index < -0.39 is 17.2 Å². The van der Waals surface area contributed by atoms with Crippen molar-refractivity contribution in [2.24, 2.45) is 0 Å². The average Bonchev–Trinajstić information content (AvgIpc) is 2.77. The minimum absolute atomic E-state index is 0.126. The van der Waals surface area contributed by atoms with Crippen LogP contribution in [-0.4, -0.2) is 18.1 Å². The molecule has 0 bridgehead atoms. The summed E-state index contributed by atoms with van der Waals surface area (Å²) in [5, 5.41) is 2.86. The first kappa shape index (κ1) is 23.8. The Morgan fingerprint density at radius 1 is 0.939 bits per heavy atom. The van der Waals surface area contributed by atoms with Crippen molar-refractivity contribution in [1.82, 2.24) is 0 Å². The molecule has 33 heavy (non-hydrogen) atoms. The van der Waals surface area contributed by atoms with Crippen LogP contribution >= 0.6 is 0 Å². The van der Waals surface area contributed by atoms with Crippen molar-refractivity contribution in [3.63, 3.8) is 0 Å². The first-order valence-corrected chi connectivity index (χ1v) is 10.5. The summed E-state index contributed by atoms with van der Waals surface area (Å²) >= 11 is 0. The van der Waals surface area contributed by atoms with Gasteiger partial charge in [0.1, 0.15) is 11.5 Å². The molecule has 0 saturated heterocycles. The zero-order chi connectivity index (χ0) is 23.8. The zero-order valence-corrected chi connectivity index (χ0v) is 18.7. The molecule has 0 radical (unpaired) electrons. The van der Waals surface area contributed by atoms with E-state index in [0.717, 1.165) is 29.0 Å². The molecular formula is C27H25F2NO3. The lowest BCUT2D eigenvalue weighted by atomic mass is 10.1. The number of carbonyl (C=O) groups is 1. The van der Waals surface area contributed by atoms with E-state index in [-0.39, 0.29) is 18.1 Å². The molecule has 0 unspecified atom stereocenters. The number of hydrogen-bond acceptors (Lipinski definition) is 3. The quantitative estimate of drug-likeness (QED) is 0.467. The second-order valence-corrected chi connectivity index (χ2v) is 7.82. The standard InChI is InChI=1S/C27H25F2NO3/c1-4-32-22-11-7-20(8-12-22)17-26(31)30-21-9-5-19(6-10-21)15-16-27(2,3)33-23-13-14-24(28)25(29)18-23/h5-14,18H,4,17H2,1-3H3,(H,30,31). The molecule has 170 valence electrons. The third-order valence-electron chi connectivity index (χ3n) is 4.54. The number of ether oxygens (including phenoxy) is 2. The van der Waals surface area contributed by atoms with E-state index in [4.69, 9.17) is 9.47 Å². The second kappa shape index (κ2) is 10.6. The molecule has 3 aromatic rings. The number of rotatable bonds is 7. The van der Waals surface area contributed by atoms with Crippen LogP contribution in [0.4, 0.5) is 14.5 Å². The van der Waals surface area contributed by atoms with Crippen LogP contribution in [0.25, 0.3) is 0 Å². The summed E-state index contributed by atoms with van der Waals surface area (Å²) in [5.41, 5.74) is 1.35. The van der Waals surface area contributed by atoms with Crippen molar-refractivity contribution in [1.29, 1.82) is 0 Å². The van der Waals surface area contributed by atoms with Gasteiger partial charge in [-0.1, -0.05) is 24.0 Å². The van der Waals surface area contributed by atoms with Crippen molar-refractivity contribution < 1.29 is 23.0 Å². The summed E-state index contributed by atoms with van der Waals surface area (Å²) in [6.07, 6.45) is 0.253. The van der Waals surface area contributed by atoms with E-state index in [0.29, 0.717) is 12.3 Å². The molecule has 0 saturated carbocycles. The number of halogens is 2. The number of nitrogens with one attached hydrogen (secondary N) is 1. The van der Waals surface area contributed by atoms with Gasteiger partial charge in [0.05, 0.1) is 13.0 Å². The van der Waals surface area contributed by atoms with Crippen LogP contribution in [0, 0.1) is 23.5 Å². The monoisotopic (exact) mass is 449 g/mol. The third kappa shape index (κ3) is 7.36. The fourth-order valence-electron chi connectivity index (χ4n) is 2.98. The van der Waals surface area contributed by atoms with Crippen LogP contribution in [0.3, 0.4) is 0 Å². The third-order valence-corrected chi connectivity index (χ3v) is 4.54. The molecular weight excluding hydrogens is 424 g/mol. The minimum Gasteiger partial charge on any atom is -0.494 e. The highest BCUT2D eigenvalue weighted by Gasteiger charge is 2.17. The van der Waals surface area contributed by atoms with Gasteiger partial charge >= 0.3 is 0 Å². The number of amides is 1. The highest BCUT2D eigenvalue weighted by Crippen LogP contribution is 2.21. The van der Waals surface area contributed by atoms with Crippen LogP contribution < -0.4 is 14.8 Å². The maximum atomic E-state index is 13.4. The first-order chi connectivity index (χ1) is 15.7. The average molecular weight is 449 g/mol. The van der Waals surface area contributed by atoms with Crippen molar-refractivity contribution in [2.75, 3.05) is 11.9 Å². The Kier molecular flexibility index (Phi) is 7.68. The Hall–Kier alpha value is -3.85. The highest BCUT2D eigenvalue weighted by atomic mass is 19.2. The largest absolute Gasteiger partial charge is 0.494 e. The minimum atomic E-state index is -0.976.